The fraction of sp³-hybridized carbons (Fsp3) is 0.600. The minimum atomic E-state index is -0.135. The van der Waals surface area contributed by atoms with Crippen LogP contribution in [0.1, 0.15) is 44.9 Å². The average molecular weight is 326 g/mol. The Kier molecular flexibility index (Phi) is 4.30. The zero-order chi connectivity index (χ0) is 16.5. The minimum absolute atomic E-state index is 0.122. The second kappa shape index (κ2) is 6.58. The predicted molar refractivity (Wildman–Crippen MR) is 94.7 cm³/mol. The van der Waals surface area contributed by atoms with E-state index in [1.807, 2.05) is 6.08 Å². The molecule has 0 aromatic carbocycles. The molecule has 0 aromatic rings. The number of rotatable bonds is 3. The van der Waals surface area contributed by atoms with Crippen LogP contribution in [0.5, 0.6) is 0 Å². The van der Waals surface area contributed by atoms with Gasteiger partial charge in [0.1, 0.15) is 0 Å². The van der Waals surface area contributed by atoms with Gasteiger partial charge < -0.3 is 4.90 Å². The van der Waals surface area contributed by atoms with Gasteiger partial charge in [0.2, 0.25) is 5.70 Å². The molecule has 0 aromatic heterocycles. The number of allylic oxidation sites excluding steroid dienone is 7. The smallest absolute Gasteiger partial charge is 0.245 e. The number of nitro groups is 1. The van der Waals surface area contributed by atoms with E-state index in [-0.39, 0.29) is 10.8 Å². The molecule has 4 nitrogen and oxygen atoms in total. The molecule has 4 unspecified atom stereocenters. The summed E-state index contributed by atoms with van der Waals surface area (Å²) in [7, 11) is 0. The Morgan fingerprint density at radius 2 is 2.12 bits per heavy atom. The Labute approximate surface area is 143 Å². The first kappa shape index (κ1) is 15.7. The normalized spacial score (nSPS) is 35.4. The first-order valence-electron chi connectivity index (χ1n) is 9.39. The summed E-state index contributed by atoms with van der Waals surface area (Å²) < 4.78 is 0. The van der Waals surface area contributed by atoms with Gasteiger partial charge in [0.15, 0.2) is 0 Å². The molecule has 24 heavy (non-hydrogen) atoms. The molecule has 1 heterocycles. The fourth-order valence-corrected chi connectivity index (χ4v) is 5.08. The molecule has 3 aliphatic carbocycles. The topological polar surface area (TPSA) is 46.4 Å². The van der Waals surface area contributed by atoms with Gasteiger partial charge in [0.05, 0.1) is 10.8 Å². The van der Waals surface area contributed by atoms with Gasteiger partial charge in [-0.3, -0.25) is 10.1 Å². The van der Waals surface area contributed by atoms with Crippen LogP contribution >= 0.6 is 0 Å². The lowest BCUT2D eigenvalue weighted by molar-refractivity contribution is -0.436. The molecule has 0 spiro atoms. The maximum atomic E-state index is 11.4. The molecular formula is C20H26N2O2. The lowest BCUT2D eigenvalue weighted by atomic mass is 9.73. The van der Waals surface area contributed by atoms with Crippen molar-refractivity contribution in [3.05, 3.63) is 58.0 Å². The Balaban J connectivity index is 1.51. The zero-order valence-electron chi connectivity index (χ0n) is 14.1. The summed E-state index contributed by atoms with van der Waals surface area (Å²) in [5.41, 5.74) is 1.95. The SMILES string of the molecule is O=[N+]([O-])C1=CCCCC1C1C=CC2C(CCN2C2=CC=CCC2)C1. The second-order valence-corrected chi connectivity index (χ2v) is 7.57. The highest BCUT2D eigenvalue weighted by Crippen LogP contribution is 2.43. The van der Waals surface area contributed by atoms with E-state index in [2.05, 4.69) is 35.3 Å². The Hall–Kier alpha value is -1.84. The molecular weight excluding hydrogens is 300 g/mol. The van der Waals surface area contributed by atoms with E-state index in [9.17, 15) is 10.1 Å². The Bertz CT molecular complexity index is 632. The maximum Gasteiger partial charge on any atom is 0.245 e. The highest BCUT2D eigenvalue weighted by Gasteiger charge is 2.41. The number of hydrogen-bond donors (Lipinski definition) is 0. The van der Waals surface area contributed by atoms with Crippen LogP contribution in [0.25, 0.3) is 0 Å². The van der Waals surface area contributed by atoms with Crippen molar-refractivity contribution >= 4 is 0 Å². The van der Waals surface area contributed by atoms with Crippen molar-refractivity contribution < 1.29 is 4.92 Å². The van der Waals surface area contributed by atoms with Crippen LogP contribution in [-0.4, -0.2) is 22.4 Å². The van der Waals surface area contributed by atoms with E-state index in [4.69, 9.17) is 0 Å². The molecule has 4 heteroatoms. The van der Waals surface area contributed by atoms with Crippen LogP contribution in [0, 0.1) is 27.9 Å². The lowest BCUT2D eigenvalue weighted by Crippen LogP contribution is -2.35. The molecule has 1 aliphatic heterocycles. The first-order chi connectivity index (χ1) is 11.7. The summed E-state index contributed by atoms with van der Waals surface area (Å²) in [5.74, 6) is 1.13. The van der Waals surface area contributed by atoms with Gasteiger partial charge in [0, 0.05) is 18.3 Å². The van der Waals surface area contributed by atoms with Crippen molar-refractivity contribution in [3.63, 3.8) is 0 Å². The third-order valence-electron chi connectivity index (χ3n) is 6.26. The van der Waals surface area contributed by atoms with Crippen LogP contribution in [0.4, 0.5) is 0 Å². The number of likely N-dealkylation sites (tertiary alicyclic amines) is 1. The van der Waals surface area contributed by atoms with Gasteiger partial charge in [0.25, 0.3) is 0 Å². The molecule has 0 amide bonds. The maximum absolute atomic E-state index is 11.4. The number of nitrogens with zero attached hydrogens (tertiary/aromatic N) is 2. The number of hydrogen-bond acceptors (Lipinski definition) is 3. The molecule has 1 saturated heterocycles. The van der Waals surface area contributed by atoms with E-state index in [0.717, 1.165) is 45.1 Å². The van der Waals surface area contributed by atoms with Crippen molar-refractivity contribution in [2.75, 3.05) is 6.54 Å². The standard InChI is InChI=1S/C20H26N2O2/c23-22(24)20-9-5-4-8-18(20)15-10-11-19-16(14-15)12-13-21(19)17-6-2-1-3-7-17/h1-2,6,9-11,15-16,18-19H,3-5,7-8,12-14H2. The summed E-state index contributed by atoms with van der Waals surface area (Å²) in [6.45, 7) is 1.13. The Morgan fingerprint density at radius 3 is 2.92 bits per heavy atom. The van der Waals surface area contributed by atoms with Gasteiger partial charge in [-0.05, 0) is 68.9 Å². The molecule has 128 valence electrons. The minimum Gasteiger partial charge on any atom is -0.368 e. The Morgan fingerprint density at radius 1 is 1.21 bits per heavy atom. The molecule has 0 saturated carbocycles. The van der Waals surface area contributed by atoms with Crippen LogP contribution < -0.4 is 0 Å². The van der Waals surface area contributed by atoms with E-state index in [0.29, 0.717) is 23.6 Å². The highest BCUT2D eigenvalue weighted by atomic mass is 16.6. The quantitative estimate of drug-likeness (QED) is 0.437. The summed E-state index contributed by atoms with van der Waals surface area (Å²) in [6.07, 6.45) is 20.7. The molecule has 0 bridgehead atoms. The molecule has 1 fully saturated rings. The largest absolute Gasteiger partial charge is 0.368 e. The van der Waals surface area contributed by atoms with Gasteiger partial charge in [-0.25, -0.2) is 0 Å². The average Bonchev–Trinajstić information content (AvgIpc) is 3.05. The summed E-state index contributed by atoms with van der Waals surface area (Å²) >= 11 is 0. The van der Waals surface area contributed by atoms with Crippen molar-refractivity contribution in [1.82, 2.24) is 4.90 Å². The van der Waals surface area contributed by atoms with Gasteiger partial charge in [-0.1, -0.05) is 24.3 Å². The van der Waals surface area contributed by atoms with Crippen LogP contribution in [0.3, 0.4) is 0 Å². The van der Waals surface area contributed by atoms with Crippen molar-refractivity contribution in [3.8, 4) is 0 Å². The molecule has 4 rings (SSSR count). The van der Waals surface area contributed by atoms with Crippen molar-refractivity contribution in [2.45, 2.75) is 51.0 Å². The fourth-order valence-electron chi connectivity index (χ4n) is 5.08. The van der Waals surface area contributed by atoms with E-state index >= 15 is 0 Å². The predicted octanol–water partition coefficient (Wildman–Crippen LogP) is 4.45. The third kappa shape index (κ3) is 2.83. The molecule has 4 atom stereocenters. The van der Waals surface area contributed by atoms with Crippen molar-refractivity contribution in [2.24, 2.45) is 17.8 Å². The van der Waals surface area contributed by atoms with Crippen LogP contribution in [-0.2, 0) is 0 Å². The first-order valence-corrected chi connectivity index (χ1v) is 9.39. The lowest BCUT2D eigenvalue weighted by Gasteiger charge is -2.36. The van der Waals surface area contributed by atoms with E-state index < -0.39 is 0 Å². The van der Waals surface area contributed by atoms with Crippen molar-refractivity contribution in [1.29, 1.82) is 0 Å². The van der Waals surface area contributed by atoms with Crippen LogP contribution in [0.15, 0.2) is 47.9 Å². The summed E-state index contributed by atoms with van der Waals surface area (Å²) in [4.78, 5) is 13.8. The van der Waals surface area contributed by atoms with Crippen LogP contribution in [0.2, 0.25) is 0 Å². The van der Waals surface area contributed by atoms with E-state index in [1.54, 1.807) is 0 Å². The monoisotopic (exact) mass is 326 g/mol. The van der Waals surface area contributed by atoms with Gasteiger partial charge in [-0.2, -0.15) is 0 Å². The summed E-state index contributed by atoms with van der Waals surface area (Å²) in [5, 5.41) is 11.4. The van der Waals surface area contributed by atoms with E-state index in [1.165, 1.54) is 12.1 Å². The molecule has 4 aliphatic rings. The summed E-state index contributed by atoms with van der Waals surface area (Å²) in [6, 6.07) is 0.505. The third-order valence-corrected chi connectivity index (χ3v) is 6.26. The molecule has 0 N–H and O–H groups in total. The molecule has 0 radical (unpaired) electrons. The van der Waals surface area contributed by atoms with Gasteiger partial charge >= 0.3 is 0 Å². The number of fused-ring (bicyclic) bond motifs is 1. The second-order valence-electron chi connectivity index (χ2n) is 7.57. The zero-order valence-corrected chi connectivity index (χ0v) is 14.1. The highest BCUT2D eigenvalue weighted by molar-refractivity contribution is 5.23. The van der Waals surface area contributed by atoms with Gasteiger partial charge in [-0.15, -0.1) is 0 Å².